The van der Waals surface area contributed by atoms with Gasteiger partial charge in [0.2, 0.25) is 0 Å². The highest BCUT2D eigenvalue weighted by Gasteiger charge is 2.39. The smallest absolute Gasteiger partial charge is 0.00526 e. The average Bonchev–Trinajstić information content (AvgIpc) is 3.38. The molecule has 0 N–H and O–H groups in total. The molecule has 0 aliphatic heterocycles. The van der Waals surface area contributed by atoms with Crippen LogP contribution in [0, 0.1) is 31.1 Å². The molecule has 0 spiro atoms. The van der Waals surface area contributed by atoms with E-state index in [0.717, 1.165) is 6.16 Å². The predicted octanol–water partition coefficient (Wildman–Crippen LogP) is 6.42. The van der Waals surface area contributed by atoms with Gasteiger partial charge in [0.05, 0.1) is 0 Å². The molecule has 1 saturated carbocycles. The van der Waals surface area contributed by atoms with Gasteiger partial charge in [-0.1, -0.05) is 128 Å². The van der Waals surface area contributed by atoms with E-state index in [1.165, 1.54) is 33.1 Å². The molecular formula is C32H29P2. The van der Waals surface area contributed by atoms with Crippen molar-refractivity contribution in [1.82, 2.24) is 0 Å². The molecule has 167 valence electrons. The molecule has 0 bridgehead atoms. The minimum Gasteiger partial charge on any atom is -0.0622 e. The van der Waals surface area contributed by atoms with Gasteiger partial charge in [-0.15, -0.1) is 0 Å². The zero-order valence-corrected chi connectivity index (χ0v) is 21.2. The summed E-state index contributed by atoms with van der Waals surface area (Å²) in [6.07, 6.45) is 8.05. The second-order valence-electron chi connectivity index (χ2n) is 8.48. The van der Waals surface area contributed by atoms with Gasteiger partial charge in [0, 0.05) is 0 Å². The number of hydrogen-bond donors (Lipinski definition) is 0. The van der Waals surface area contributed by atoms with Crippen LogP contribution >= 0.6 is 15.8 Å². The summed E-state index contributed by atoms with van der Waals surface area (Å²) in [7, 11) is -0.968. The summed E-state index contributed by atoms with van der Waals surface area (Å²) in [6, 6.07) is 44.3. The van der Waals surface area contributed by atoms with Crippen LogP contribution in [0.5, 0.6) is 0 Å². The quantitative estimate of drug-likeness (QED) is 0.258. The number of hydrogen-bond acceptors (Lipinski definition) is 0. The van der Waals surface area contributed by atoms with E-state index in [0.29, 0.717) is 5.66 Å². The first-order valence-corrected chi connectivity index (χ1v) is 14.8. The molecular weight excluding hydrogens is 446 g/mol. The van der Waals surface area contributed by atoms with Crippen molar-refractivity contribution in [2.24, 2.45) is 0 Å². The van der Waals surface area contributed by atoms with E-state index < -0.39 is 15.8 Å². The van der Waals surface area contributed by atoms with Crippen molar-refractivity contribution in [2.75, 3.05) is 6.16 Å². The maximum atomic E-state index is 2.43. The van der Waals surface area contributed by atoms with E-state index in [9.17, 15) is 0 Å². The summed E-state index contributed by atoms with van der Waals surface area (Å²) >= 11 is 0. The highest BCUT2D eigenvalue weighted by Crippen LogP contribution is 2.53. The number of rotatable bonds is 8. The molecule has 0 unspecified atom stereocenters. The zero-order valence-electron chi connectivity index (χ0n) is 19.5. The Morgan fingerprint density at radius 2 is 0.941 bits per heavy atom. The van der Waals surface area contributed by atoms with Gasteiger partial charge in [0.25, 0.3) is 0 Å². The maximum absolute atomic E-state index is 2.43. The van der Waals surface area contributed by atoms with Crippen LogP contribution in [0.3, 0.4) is 0 Å². The van der Waals surface area contributed by atoms with Crippen LogP contribution in [0.25, 0.3) is 0 Å². The van der Waals surface area contributed by atoms with Crippen molar-refractivity contribution in [1.29, 1.82) is 0 Å². The van der Waals surface area contributed by atoms with E-state index in [2.05, 4.69) is 148 Å². The van der Waals surface area contributed by atoms with E-state index in [1.807, 2.05) is 0 Å². The third kappa shape index (κ3) is 5.35. The van der Waals surface area contributed by atoms with Gasteiger partial charge in [-0.25, -0.2) is 0 Å². The Bertz CT molecular complexity index is 1050. The second kappa shape index (κ2) is 11.4. The first kappa shape index (κ1) is 23.5. The summed E-state index contributed by atoms with van der Waals surface area (Å²) in [4.78, 5) is 0. The van der Waals surface area contributed by atoms with Crippen LogP contribution in [-0.2, 0) is 0 Å². The molecule has 1 fully saturated rings. The van der Waals surface area contributed by atoms with Gasteiger partial charge < -0.3 is 0 Å². The van der Waals surface area contributed by atoms with E-state index in [4.69, 9.17) is 0 Å². The van der Waals surface area contributed by atoms with Gasteiger partial charge >= 0.3 is 0 Å². The molecule has 5 rings (SSSR count). The lowest BCUT2D eigenvalue weighted by atomic mass is 9.95. The topological polar surface area (TPSA) is 0 Å². The van der Waals surface area contributed by atoms with Crippen LogP contribution in [-0.4, -0.2) is 11.8 Å². The highest BCUT2D eigenvalue weighted by atomic mass is 31.1. The third-order valence-corrected chi connectivity index (χ3v) is 11.6. The molecule has 1 atom stereocenters. The SMILES string of the molecule is C[C@H]([C]1[CH][CH][CH][C]1CP(c1ccccc1)c1ccccc1)P(c1ccccc1)c1ccccc1. The van der Waals surface area contributed by atoms with Crippen molar-refractivity contribution in [3.05, 3.63) is 152 Å². The van der Waals surface area contributed by atoms with Gasteiger partial charge in [-0.3, -0.25) is 0 Å². The minimum absolute atomic E-state index is 0.438. The first-order chi connectivity index (χ1) is 16.8. The molecule has 34 heavy (non-hydrogen) atoms. The fourth-order valence-electron chi connectivity index (χ4n) is 4.65. The molecule has 2 heteroatoms. The van der Waals surface area contributed by atoms with E-state index >= 15 is 0 Å². The summed E-state index contributed by atoms with van der Waals surface area (Å²) in [5.41, 5.74) is 0.438. The Morgan fingerprint density at radius 1 is 0.529 bits per heavy atom. The normalized spacial score (nSPS) is 15.7. The summed E-state index contributed by atoms with van der Waals surface area (Å²) in [6.45, 7) is 2.43. The van der Waals surface area contributed by atoms with Crippen LogP contribution < -0.4 is 21.2 Å². The lowest BCUT2D eigenvalue weighted by Crippen LogP contribution is -2.28. The Hall–Kier alpha value is -2.26. The molecule has 0 nitrogen and oxygen atoms in total. The first-order valence-electron chi connectivity index (χ1n) is 11.8. The summed E-state index contributed by atoms with van der Waals surface area (Å²) in [5.74, 6) is 2.99. The van der Waals surface area contributed by atoms with Crippen molar-refractivity contribution in [3.63, 3.8) is 0 Å². The Labute approximate surface area is 208 Å². The zero-order chi connectivity index (χ0) is 23.2. The largest absolute Gasteiger partial charge is 0.0622 e. The van der Waals surface area contributed by atoms with Gasteiger partial charge in [0.15, 0.2) is 0 Å². The van der Waals surface area contributed by atoms with Crippen LogP contribution in [0.1, 0.15) is 6.92 Å². The monoisotopic (exact) mass is 475 g/mol. The van der Waals surface area contributed by atoms with E-state index in [1.54, 1.807) is 0 Å². The molecule has 5 radical (unpaired) electrons. The lowest BCUT2D eigenvalue weighted by molar-refractivity contribution is 0.946. The second-order valence-corrected chi connectivity index (χ2v) is 13.2. The molecule has 0 heterocycles. The molecule has 0 saturated heterocycles. The van der Waals surface area contributed by atoms with Crippen LogP contribution in [0.2, 0.25) is 0 Å². The molecule has 1 aliphatic rings. The highest BCUT2D eigenvalue weighted by molar-refractivity contribution is 7.74. The molecule has 4 aromatic carbocycles. The van der Waals surface area contributed by atoms with Crippen molar-refractivity contribution < 1.29 is 0 Å². The van der Waals surface area contributed by atoms with Crippen LogP contribution in [0.15, 0.2) is 121 Å². The molecule has 1 aliphatic carbocycles. The summed E-state index contributed by atoms with van der Waals surface area (Å²) < 4.78 is 0. The van der Waals surface area contributed by atoms with Crippen molar-refractivity contribution in [3.8, 4) is 0 Å². The summed E-state index contributed by atoms with van der Waals surface area (Å²) in [5, 5.41) is 5.77. The third-order valence-electron chi connectivity index (χ3n) is 6.31. The number of benzene rings is 4. The molecule has 0 amide bonds. The van der Waals surface area contributed by atoms with E-state index in [-0.39, 0.29) is 0 Å². The maximum Gasteiger partial charge on any atom is -0.00526 e. The lowest BCUT2D eigenvalue weighted by Gasteiger charge is -2.34. The molecule has 4 aromatic rings. The van der Waals surface area contributed by atoms with Crippen LogP contribution in [0.4, 0.5) is 0 Å². The van der Waals surface area contributed by atoms with Gasteiger partial charge in [-0.2, -0.15) is 0 Å². The van der Waals surface area contributed by atoms with Crippen molar-refractivity contribution >= 4 is 37.1 Å². The standard InChI is InChI=1S/C32H29P2/c1-26(34(30-20-10-4-11-21-30)31-22-12-5-13-23-31)32-24-14-15-27(32)25-33(28-16-6-2-7-17-28)29-18-8-3-9-19-29/h2-24,26H,25H2,1H3/t26-/m1/s1. The average molecular weight is 476 g/mol. The fourth-order valence-corrected chi connectivity index (χ4v) is 9.72. The van der Waals surface area contributed by atoms with Gasteiger partial charge in [-0.05, 0) is 80.0 Å². The Kier molecular flexibility index (Phi) is 7.90. The Balaban J connectivity index is 1.45. The van der Waals surface area contributed by atoms with Gasteiger partial charge in [0.1, 0.15) is 0 Å². The minimum atomic E-state index is -0.505. The van der Waals surface area contributed by atoms with Crippen molar-refractivity contribution in [2.45, 2.75) is 12.6 Å². The fraction of sp³-hybridized carbons (Fsp3) is 0.0938. The Morgan fingerprint density at radius 3 is 1.38 bits per heavy atom. The predicted molar refractivity (Wildman–Crippen MR) is 152 cm³/mol. The molecule has 0 aromatic heterocycles.